The summed E-state index contributed by atoms with van der Waals surface area (Å²) in [7, 11) is 0. The minimum atomic E-state index is -0.0466. The van der Waals surface area contributed by atoms with Gasteiger partial charge < -0.3 is 9.47 Å². The summed E-state index contributed by atoms with van der Waals surface area (Å²) in [5.41, 5.74) is 1.63. The van der Waals surface area contributed by atoms with E-state index in [9.17, 15) is 4.79 Å². The molecular weight excluding hydrogens is 300 g/mol. The van der Waals surface area contributed by atoms with E-state index in [-0.39, 0.29) is 23.9 Å². The average molecular weight is 321 g/mol. The summed E-state index contributed by atoms with van der Waals surface area (Å²) in [6.07, 6.45) is 5.18. The van der Waals surface area contributed by atoms with E-state index < -0.39 is 0 Å². The van der Waals surface area contributed by atoms with Crippen LogP contribution in [0.15, 0.2) is 36.6 Å². The van der Waals surface area contributed by atoms with Crippen LogP contribution in [-0.2, 0) is 14.3 Å². The Morgan fingerprint density at radius 2 is 2.05 bits per heavy atom. The van der Waals surface area contributed by atoms with Gasteiger partial charge in [0.15, 0.2) is 5.78 Å². The van der Waals surface area contributed by atoms with Crippen molar-refractivity contribution in [3.05, 3.63) is 42.2 Å². The molecule has 22 heavy (non-hydrogen) atoms. The molecule has 0 aromatic heterocycles. The van der Waals surface area contributed by atoms with Crippen molar-refractivity contribution in [3.8, 4) is 0 Å². The summed E-state index contributed by atoms with van der Waals surface area (Å²) >= 11 is 5.67. The second-order valence-corrected chi connectivity index (χ2v) is 6.27. The number of benzene rings is 1. The summed E-state index contributed by atoms with van der Waals surface area (Å²) < 4.78 is 11.7. The van der Waals surface area contributed by atoms with Crippen molar-refractivity contribution < 1.29 is 14.3 Å². The number of Topliss-reactive ketones (excluding diaryl/α,β-unsaturated/α-hetero) is 1. The summed E-state index contributed by atoms with van der Waals surface area (Å²) in [4.78, 5) is 12.7. The van der Waals surface area contributed by atoms with E-state index in [4.69, 9.17) is 21.1 Å². The van der Waals surface area contributed by atoms with E-state index in [1.807, 2.05) is 30.3 Å². The van der Waals surface area contributed by atoms with Crippen LogP contribution >= 0.6 is 11.6 Å². The van der Waals surface area contributed by atoms with Crippen molar-refractivity contribution in [2.24, 2.45) is 5.92 Å². The Morgan fingerprint density at radius 3 is 2.82 bits per heavy atom. The van der Waals surface area contributed by atoms with Crippen LogP contribution in [0.2, 0.25) is 0 Å². The summed E-state index contributed by atoms with van der Waals surface area (Å²) in [5, 5.41) is 0. The van der Waals surface area contributed by atoms with Gasteiger partial charge in [0.1, 0.15) is 6.10 Å². The number of rotatable bonds is 5. The fourth-order valence-electron chi connectivity index (χ4n) is 3.24. The molecule has 118 valence electrons. The van der Waals surface area contributed by atoms with Crippen LogP contribution < -0.4 is 0 Å². The molecule has 0 N–H and O–H groups in total. The number of carbonyl (C=O) groups is 1. The van der Waals surface area contributed by atoms with Crippen LogP contribution in [0.3, 0.4) is 0 Å². The first-order chi connectivity index (χ1) is 10.8. The van der Waals surface area contributed by atoms with Gasteiger partial charge in [-0.1, -0.05) is 30.3 Å². The molecule has 1 aromatic rings. The van der Waals surface area contributed by atoms with Gasteiger partial charge in [-0.25, -0.2) is 0 Å². The maximum Gasteiger partial charge on any atom is 0.173 e. The molecule has 3 rings (SSSR count). The lowest BCUT2D eigenvalue weighted by Crippen LogP contribution is -2.41. The topological polar surface area (TPSA) is 35.5 Å². The van der Waals surface area contributed by atoms with E-state index in [1.54, 1.807) is 6.26 Å². The monoisotopic (exact) mass is 320 g/mol. The predicted octanol–water partition coefficient (Wildman–Crippen LogP) is 3.81. The molecule has 2 aliphatic rings. The minimum Gasteiger partial charge on any atom is -0.496 e. The third kappa shape index (κ3) is 3.36. The van der Waals surface area contributed by atoms with Crippen LogP contribution in [0.1, 0.15) is 31.2 Å². The van der Waals surface area contributed by atoms with Crippen LogP contribution in [0, 0.1) is 5.92 Å². The molecule has 1 aliphatic heterocycles. The Hall–Kier alpha value is -1.32. The number of fused-ring (bicyclic) bond motifs is 1. The van der Waals surface area contributed by atoms with E-state index in [0.717, 1.165) is 31.2 Å². The van der Waals surface area contributed by atoms with Crippen molar-refractivity contribution in [2.75, 3.05) is 12.5 Å². The van der Waals surface area contributed by atoms with Gasteiger partial charge in [0.25, 0.3) is 0 Å². The molecular formula is C18H21ClO3. The lowest BCUT2D eigenvalue weighted by atomic mass is 9.78. The molecule has 0 amide bonds. The van der Waals surface area contributed by atoms with Crippen LogP contribution in [0.25, 0.3) is 5.57 Å². The first kappa shape index (κ1) is 15.6. The maximum atomic E-state index is 12.7. The van der Waals surface area contributed by atoms with Crippen molar-refractivity contribution in [1.82, 2.24) is 0 Å². The Balaban J connectivity index is 1.66. The summed E-state index contributed by atoms with van der Waals surface area (Å²) in [6.45, 7) is 0.685. The smallest absolute Gasteiger partial charge is 0.173 e. The first-order valence-electron chi connectivity index (χ1n) is 7.92. The number of ketones is 1. The number of ether oxygens (including phenoxy) is 2. The molecule has 3 nitrogen and oxygen atoms in total. The molecule has 0 bridgehead atoms. The molecule has 0 spiro atoms. The summed E-state index contributed by atoms with van der Waals surface area (Å²) in [6, 6.07) is 9.74. The Kier molecular flexibility index (Phi) is 5.16. The van der Waals surface area contributed by atoms with Gasteiger partial charge in [0.2, 0.25) is 0 Å². The highest BCUT2D eigenvalue weighted by Gasteiger charge is 2.40. The fourth-order valence-corrected chi connectivity index (χ4v) is 3.35. The minimum absolute atomic E-state index is 0.0342. The van der Waals surface area contributed by atoms with Gasteiger partial charge in [-0.05, 0) is 24.8 Å². The van der Waals surface area contributed by atoms with Gasteiger partial charge in [0.05, 0.1) is 23.9 Å². The standard InChI is InChI=1S/C18H21ClO3/c19-9-4-10-21-14-7-8-15-17(11-14)22-12-16(18(15)20)13-5-2-1-3-6-13/h1-3,5-6,12,14-15,17H,4,7-11H2. The van der Waals surface area contributed by atoms with Crippen molar-refractivity contribution in [2.45, 2.75) is 37.9 Å². The fraction of sp³-hybridized carbons (Fsp3) is 0.500. The maximum absolute atomic E-state index is 12.7. The zero-order valence-corrected chi connectivity index (χ0v) is 13.3. The average Bonchev–Trinajstić information content (AvgIpc) is 2.56. The van der Waals surface area contributed by atoms with Gasteiger partial charge >= 0.3 is 0 Å². The lowest BCUT2D eigenvalue weighted by molar-refractivity contribution is -0.128. The van der Waals surface area contributed by atoms with Crippen LogP contribution in [0.5, 0.6) is 0 Å². The third-order valence-electron chi connectivity index (χ3n) is 4.42. The lowest BCUT2D eigenvalue weighted by Gasteiger charge is -2.37. The zero-order chi connectivity index (χ0) is 15.4. The summed E-state index contributed by atoms with van der Waals surface area (Å²) in [5.74, 6) is 0.798. The SMILES string of the molecule is O=C1C(c2ccccc2)=COC2CC(OCCCCl)CCC12. The number of allylic oxidation sites excluding steroid dienone is 1. The molecule has 0 radical (unpaired) electrons. The highest BCUT2D eigenvalue weighted by Crippen LogP contribution is 2.37. The highest BCUT2D eigenvalue weighted by molar-refractivity contribution is 6.22. The number of alkyl halides is 1. The Labute approximate surface area is 136 Å². The molecule has 0 saturated heterocycles. The zero-order valence-electron chi connectivity index (χ0n) is 12.5. The van der Waals surface area contributed by atoms with E-state index in [1.165, 1.54) is 0 Å². The number of carbonyl (C=O) groups excluding carboxylic acids is 1. The third-order valence-corrected chi connectivity index (χ3v) is 4.69. The van der Waals surface area contributed by atoms with Crippen LogP contribution in [0.4, 0.5) is 0 Å². The molecule has 3 atom stereocenters. The van der Waals surface area contributed by atoms with Gasteiger partial charge in [0, 0.05) is 18.9 Å². The number of hydrogen-bond acceptors (Lipinski definition) is 3. The van der Waals surface area contributed by atoms with E-state index in [2.05, 4.69) is 0 Å². The Morgan fingerprint density at radius 1 is 1.23 bits per heavy atom. The molecule has 1 heterocycles. The molecule has 1 saturated carbocycles. The van der Waals surface area contributed by atoms with Gasteiger partial charge in [-0.15, -0.1) is 11.6 Å². The van der Waals surface area contributed by atoms with E-state index >= 15 is 0 Å². The van der Waals surface area contributed by atoms with Crippen molar-refractivity contribution in [3.63, 3.8) is 0 Å². The molecule has 1 aromatic carbocycles. The first-order valence-corrected chi connectivity index (χ1v) is 8.46. The normalized spacial score (nSPS) is 27.8. The molecule has 4 heteroatoms. The largest absolute Gasteiger partial charge is 0.496 e. The molecule has 1 fully saturated rings. The van der Waals surface area contributed by atoms with Crippen LogP contribution in [-0.4, -0.2) is 30.5 Å². The molecule has 1 aliphatic carbocycles. The second-order valence-electron chi connectivity index (χ2n) is 5.89. The van der Waals surface area contributed by atoms with E-state index in [0.29, 0.717) is 18.1 Å². The van der Waals surface area contributed by atoms with Crippen molar-refractivity contribution in [1.29, 1.82) is 0 Å². The number of hydrogen-bond donors (Lipinski definition) is 0. The highest BCUT2D eigenvalue weighted by atomic mass is 35.5. The predicted molar refractivity (Wildman–Crippen MR) is 86.7 cm³/mol. The molecule has 3 unspecified atom stereocenters. The second kappa shape index (κ2) is 7.30. The van der Waals surface area contributed by atoms with Gasteiger partial charge in [-0.2, -0.15) is 0 Å². The quantitative estimate of drug-likeness (QED) is 0.611. The van der Waals surface area contributed by atoms with Gasteiger partial charge in [-0.3, -0.25) is 4.79 Å². The Bertz CT molecular complexity index is 541. The van der Waals surface area contributed by atoms with Crippen molar-refractivity contribution >= 4 is 23.0 Å². The number of halogens is 1.